The summed E-state index contributed by atoms with van der Waals surface area (Å²) in [4.78, 5) is 4.34. The van der Waals surface area contributed by atoms with Gasteiger partial charge in [0.2, 0.25) is 0 Å². The molecule has 3 rings (SSSR count). The maximum atomic E-state index is 5.91. The van der Waals surface area contributed by atoms with Crippen LogP contribution in [0, 0.1) is 0 Å². The van der Waals surface area contributed by atoms with Gasteiger partial charge in [0.25, 0.3) is 0 Å². The molecular weight excluding hydrogens is 216 g/mol. The summed E-state index contributed by atoms with van der Waals surface area (Å²) in [5.74, 6) is 0.783. The molecule has 4 heteroatoms. The number of nitrogen functional groups attached to an aromatic ring is 1. The molecule has 1 atom stereocenters. The lowest BCUT2D eigenvalue weighted by Crippen LogP contribution is -2.16. The van der Waals surface area contributed by atoms with E-state index in [1.165, 1.54) is 0 Å². The van der Waals surface area contributed by atoms with Crippen LogP contribution in [0.5, 0.6) is 5.75 Å². The minimum absolute atomic E-state index is 0.129. The SMILES string of the molecule is Nc1ccc(OC2CCOC2)c2ncccc12. The Morgan fingerprint density at radius 1 is 1.35 bits per heavy atom. The monoisotopic (exact) mass is 230 g/mol. The Kier molecular flexibility index (Phi) is 2.57. The first kappa shape index (κ1) is 10.4. The standard InChI is InChI=1S/C13H14N2O2/c14-11-3-4-12(17-9-5-7-16-8-9)13-10(11)2-1-6-15-13/h1-4,6,9H,5,7-8,14H2. The van der Waals surface area contributed by atoms with Crippen LogP contribution in [-0.2, 0) is 4.74 Å². The maximum Gasteiger partial charge on any atom is 0.146 e. The predicted octanol–water partition coefficient (Wildman–Crippen LogP) is 1.98. The van der Waals surface area contributed by atoms with Crippen molar-refractivity contribution in [3.8, 4) is 5.75 Å². The van der Waals surface area contributed by atoms with Crippen molar-refractivity contribution in [1.29, 1.82) is 0 Å². The fourth-order valence-corrected chi connectivity index (χ4v) is 2.05. The number of hydrogen-bond donors (Lipinski definition) is 1. The highest BCUT2D eigenvalue weighted by Crippen LogP contribution is 2.29. The molecule has 1 aromatic carbocycles. The fourth-order valence-electron chi connectivity index (χ4n) is 2.05. The molecule has 2 aromatic rings. The van der Waals surface area contributed by atoms with Gasteiger partial charge in [-0.05, 0) is 24.3 Å². The first-order chi connectivity index (χ1) is 8.34. The Bertz CT molecular complexity index is 536. The Balaban J connectivity index is 2.01. The second kappa shape index (κ2) is 4.22. The summed E-state index contributed by atoms with van der Waals surface area (Å²) < 4.78 is 11.2. The van der Waals surface area contributed by atoms with Gasteiger partial charge in [0, 0.05) is 23.7 Å². The molecular formula is C13H14N2O2. The van der Waals surface area contributed by atoms with Gasteiger partial charge in [-0.25, -0.2) is 0 Å². The fraction of sp³-hybridized carbons (Fsp3) is 0.308. The zero-order valence-electron chi connectivity index (χ0n) is 9.43. The first-order valence-electron chi connectivity index (χ1n) is 5.72. The van der Waals surface area contributed by atoms with Crippen LogP contribution in [0.25, 0.3) is 10.9 Å². The van der Waals surface area contributed by atoms with Crippen molar-refractivity contribution in [3.05, 3.63) is 30.5 Å². The number of anilines is 1. The lowest BCUT2D eigenvalue weighted by Gasteiger charge is -2.14. The van der Waals surface area contributed by atoms with Crippen molar-refractivity contribution in [3.63, 3.8) is 0 Å². The van der Waals surface area contributed by atoms with E-state index in [-0.39, 0.29) is 6.10 Å². The van der Waals surface area contributed by atoms with Gasteiger partial charge in [0.05, 0.1) is 13.2 Å². The first-order valence-corrected chi connectivity index (χ1v) is 5.72. The second-order valence-electron chi connectivity index (χ2n) is 4.16. The summed E-state index contributed by atoms with van der Waals surface area (Å²) in [7, 11) is 0. The van der Waals surface area contributed by atoms with E-state index < -0.39 is 0 Å². The topological polar surface area (TPSA) is 57.4 Å². The molecule has 0 spiro atoms. The molecule has 1 aliphatic rings. The van der Waals surface area contributed by atoms with Crippen LogP contribution in [-0.4, -0.2) is 24.3 Å². The lowest BCUT2D eigenvalue weighted by atomic mass is 10.1. The molecule has 0 bridgehead atoms. The number of nitrogens with zero attached hydrogens (tertiary/aromatic N) is 1. The Hall–Kier alpha value is -1.81. The summed E-state index contributed by atoms with van der Waals surface area (Å²) in [6.45, 7) is 1.42. The van der Waals surface area contributed by atoms with Gasteiger partial charge in [-0.3, -0.25) is 4.98 Å². The number of hydrogen-bond acceptors (Lipinski definition) is 4. The largest absolute Gasteiger partial charge is 0.486 e. The highest BCUT2D eigenvalue weighted by Gasteiger charge is 2.18. The summed E-state index contributed by atoms with van der Waals surface area (Å²) in [5.41, 5.74) is 7.46. The average molecular weight is 230 g/mol. The minimum atomic E-state index is 0.129. The third-order valence-electron chi connectivity index (χ3n) is 2.95. The Labute approximate surface area is 99.4 Å². The van der Waals surface area contributed by atoms with Crippen LogP contribution in [0.3, 0.4) is 0 Å². The van der Waals surface area contributed by atoms with Crippen LogP contribution in [0.2, 0.25) is 0 Å². The highest BCUT2D eigenvalue weighted by atomic mass is 16.5. The van der Waals surface area contributed by atoms with Gasteiger partial charge in [0.15, 0.2) is 0 Å². The van der Waals surface area contributed by atoms with Gasteiger partial charge in [-0.1, -0.05) is 0 Å². The molecule has 0 saturated carbocycles. The van der Waals surface area contributed by atoms with Gasteiger partial charge in [-0.2, -0.15) is 0 Å². The maximum absolute atomic E-state index is 5.91. The quantitative estimate of drug-likeness (QED) is 0.801. The van der Waals surface area contributed by atoms with Gasteiger partial charge < -0.3 is 15.2 Å². The minimum Gasteiger partial charge on any atom is -0.486 e. The zero-order valence-corrected chi connectivity index (χ0v) is 9.43. The number of ether oxygens (including phenoxy) is 2. The van der Waals surface area contributed by atoms with Gasteiger partial charge >= 0.3 is 0 Å². The van der Waals surface area contributed by atoms with E-state index in [4.69, 9.17) is 15.2 Å². The molecule has 2 heterocycles. The summed E-state index contributed by atoms with van der Waals surface area (Å²) in [6, 6.07) is 7.56. The van der Waals surface area contributed by atoms with Crippen LogP contribution in [0.15, 0.2) is 30.5 Å². The molecule has 4 nitrogen and oxygen atoms in total. The zero-order chi connectivity index (χ0) is 11.7. The number of fused-ring (bicyclic) bond motifs is 1. The lowest BCUT2D eigenvalue weighted by molar-refractivity contribution is 0.142. The number of aromatic nitrogens is 1. The van der Waals surface area contributed by atoms with Crippen molar-refractivity contribution in [2.75, 3.05) is 18.9 Å². The van der Waals surface area contributed by atoms with E-state index in [1.807, 2.05) is 24.3 Å². The number of benzene rings is 1. The number of pyridine rings is 1. The molecule has 0 amide bonds. The molecule has 0 aliphatic carbocycles. The van der Waals surface area contributed by atoms with Crippen LogP contribution >= 0.6 is 0 Å². The molecule has 0 radical (unpaired) electrons. The summed E-state index contributed by atoms with van der Waals surface area (Å²) in [5, 5.41) is 0.934. The number of nitrogens with two attached hydrogens (primary N) is 1. The molecule has 1 fully saturated rings. The van der Waals surface area contributed by atoms with Crippen molar-refractivity contribution in [1.82, 2.24) is 4.98 Å². The molecule has 1 unspecified atom stereocenters. The molecule has 1 saturated heterocycles. The van der Waals surface area contributed by atoms with Gasteiger partial charge in [0.1, 0.15) is 17.4 Å². The third kappa shape index (κ3) is 1.91. The Morgan fingerprint density at radius 2 is 2.29 bits per heavy atom. The summed E-state index contributed by atoms with van der Waals surface area (Å²) >= 11 is 0. The molecule has 17 heavy (non-hydrogen) atoms. The van der Waals surface area contributed by atoms with Crippen molar-refractivity contribution >= 4 is 16.6 Å². The normalized spacial score (nSPS) is 19.6. The van der Waals surface area contributed by atoms with Crippen molar-refractivity contribution in [2.24, 2.45) is 0 Å². The predicted molar refractivity (Wildman–Crippen MR) is 66.0 cm³/mol. The molecule has 2 N–H and O–H groups in total. The van der Waals surface area contributed by atoms with Gasteiger partial charge in [-0.15, -0.1) is 0 Å². The van der Waals surface area contributed by atoms with E-state index >= 15 is 0 Å². The smallest absolute Gasteiger partial charge is 0.146 e. The van der Waals surface area contributed by atoms with Crippen LogP contribution in [0.1, 0.15) is 6.42 Å². The Morgan fingerprint density at radius 3 is 3.12 bits per heavy atom. The van der Waals surface area contributed by atoms with Crippen LogP contribution in [0.4, 0.5) is 5.69 Å². The highest BCUT2D eigenvalue weighted by molar-refractivity contribution is 5.94. The molecule has 1 aromatic heterocycles. The van der Waals surface area contributed by atoms with E-state index in [1.54, 1.807) is 6.20 Å². The van der Waals surface area contributed by atoms with E-state index in [0.29, 0.717) is 6.61 Å². The van der Waals surface area contributed by atoms with E-state index in [0.717, 1.165) is 35.4 Å². The molecule has 88 valence electrons. The van der Waals surface area contributed by atoms with E-state index in [9.17, 15) is 0 Å². The van der Waals surface area contributed by atoms with Crippen molar-refractivity contribution < 1.29 is 9.47 Å². The van der Waals surface area contributed by atoms with Crippen LogP contribution < -0.4 is 10.5 Å². The molecule has 1 aliphatic heterocycles. The second-order valence-corrected chi connectivity index (χ2v) is 4.16. The average Bonchev–Trinajstić information content (AvgIpc) is 2.86. The van der Waals surface area contributed by atoms with E-state index in [2.05, 4.69) is 4.98 Å². The third-order valence-corrected chi connectivity index (χ3v) is 2.95. The number of rotatable bonds is 2. The van der Waals surface area contributed by atoms with Crippen molar-refractivity contribution in [2.45, 2.75) is 12.5 Å². The summed E-state index contributed by atoms with van der Waals surface area (Å²) in [6.07, 6.45) is 2.81.